The average molecular weight is 298 g/mol. The van der Waals surface area contributed by atoms with E-state index < -0.39 is 11.4 Å². The smallest absolute Gasteiger partial charge is 0.304 e. The molecule has 0 amide bonds. The van der Waals surface area contributed by atoms with Crippen LogP contribution in [0.15, 0.2) is 22.7 Å². The first-order valence-electron chi connectivity index (χ1n) is 5.72. The predicted molar refractivity (Wildman–Crippen MR) is 70.0 cm³/mol. The van der Waals surface area contributed by atoms with Crippen molar-refractivity contribution in [1.82, 2.24) is 0 Å². The number of carboxylic acids is 1. The Kier molecular flexibility index (Phi) is 3.27. The number of halogens is 1. The molecule has 0 saturated heterocycles. The summed E-state index contributed by atoms with van der Waals surface area (Å²) in [6, 6.07) is 5.80. The number of nitrogens with two attached hydrogens (primary N) is 1. The van der Waals surface area contributed by atoms with Crippen LogP contribution in [0.2, 0.25) is 0 Å². The lowest BCUT2D eigenvalue weighted by molar-refractivity contribution is -0.138. The Balaban J connectivity index is 2.53. The Morgan fingerprint density at radius 3 is 2.94 bits per heavy atom. The Morgan fingerprint density at radius 1 is 1.65 bits per heavy atom. The van der Waals surface area contributed by atoms with E-state index in [9.17, 15) is 4.79 Å². The van der Waals surface area contributed by atoms with Gasteiger partial charge < -0.3 is 10.8 Å². The number of carboxylic acid groups (broad SMARTS) is 1. The zero-order valence-electron chi connectivity index (χ0n) is 9.74. The van der Waals surface area contributed by atoms with E-state index in [2.05, 4.69) is 15.9 Å². The van der Waals surface area contributed by atoms with Crippen LogP contribution in [0.5, 0.6) is 0 Å². The zero-order chi connectivity index (χ0) is 12.6. The molecule has 0 saturated carbocycles. The molecule has 0 heterocycles. The van der Waals surface area contributed by atoms with Crippen LogP contribution in [0.4, 0.5) is 0 Å². The molecule has 92 valence electrons. The third-order valence-electron chi connectivity index (χ3n) is 3.81. The fraction of sp³-hybridized carbons (Fsp3) is 0.462. The normalized spacial score (nSPS) is 24.4. The summed E-state index contributed by atoms with van der Waals surface area (Å²) in [5, 5.41) is 9.12. The van der Waals surface area contributed by atoms with E-state index in [4.69, 9.17) is 10.8 Å². The minimum Gasteiger partial charge on any atom is -0.481 e. The van der Waals surface area contributed by atoms with Gasteiger partial charge in [0.1, 0.15) is 0 Å². The van der Waals surface area contributed by atoms with Crippen LogP contribution < -0.4 is 5.73 Å². The molecule has 1 aromatic carbocycles. The van der Waals surface area contributed by atoms with Crippen LogP contribution in [0.25, 0.3) is 0 Å². The summed E-state index contributed by atoms with van der Waals surface area (Å²) in [7, 11) is 0. The van der Waals surface area contributed by atoms with E-state index in [1.807, 2.05) is 25.1 Å². The van der Waals surface area contributed by atoms with Crippen LogP contribution >= 0.6 is 15.9 Å². The topological polar surface area (TPSA) is 63.3 Å². The molecule has 2 unspecified atom stereocenters. The second-order valence-corrected chi connectivity index (χ2v) is 5.64. The minimum absolute atomic E-state index is 0.105. The summed E-state index contributed by atoms with van der Waals surface area (Å²) in [5.74, 6) is -0.782. The number of hydrogen-bond acceptors (Lipinski definition) is 2. The van der Waals surface area contributed by atoms with Crippen molar-refractivity contribution in [3.8, 4) is 0 Å². The molecule has 3 nitrogen and oxygen atoms in total. The van der Waals surface area contributed by atoms with Crippen molar-refractivity contribution in [2.75, 3.05) is 0 Å². The van der Waals surface area contributed by atoms with Crippen molar-refractivity contribution < 1.29 is 9.90 Å². The third kappa shape index (κ3) is 2.00. The summed E-state index contributed by atoms with van der Waals surface area (Å²) < 4.78 is 1.06. The van der Waals surface area contributed by atoms with Gasteiger partial charge in [0, 0.05) is 15.9 Å². The summed E-state index contributed by atoms with van der Waals surface area (Å²) in [6.45, 7) is 1.90. The molecular weight excluding hydrogens is 282 g/mol. The molecular formula is C13H16BrNO2. The lowest BCUT2D eigenvalue weighted by atomic mass is 9.73. The quantitative estimate of drug-likeness (QED) is 0.901. The third-order valence-corrected chi connectivity index (χ3v) is 4.56. The highest BCUT2D eigenvalue weighted by atomic mass is 79.9. The molecule has 0 spiro atoms. The highest BCUT2D eigenvalue weighted by Crippen LogP contribution is 2.45. The number of benzene rings is 1. The van der Waals surface area contributed by atoms with Gasteiger partial charge in [-0.1, -0.05) is 28.1 Å². The standard InChI is InChI=1S/C13H16BrNO2/c1-8(15)13(7-12(16)17)6-5-9-10(13)3-2-4-11(9)14/h2-4,8H,5-7,15H2,1H3,(H,16,17). The van der Waals surface area contributed by atoms with Gasteiger partial charge in [-0.3, -0.25) is 4.79 Å². The Morgan fingerprint density at radius 2 is 2.35 bits per heavy atom. The van der Waals surface area contributed by atoms with Crippen molar-refractivity contribution in [2.24, 2.45) is 5.73 Å². The van der Waals surface area contributed by atoms with Crippen LogP contribution in [0.3, 0.4) is 0 Å². The van der Waals surface area contributed by atoms with Gasteiger partial charge >= 0.3 is 5.97 Å². The largest absolute Gasteiger partial charge is 0.481 e. The van der Waals surface area contributed by atoms with Gasteiger partial charge in [0.2, 0.25) is 0 Å². The fourth-order valence-corrected chi connectivity index (χ4v) is 3.41. The molecule has 1 aromatic rings. The first-order valence-corrected chi connectivity index (χ1v) is 6.52. The maximum atomic E-state index is 11.1. The van der Waals surface area contributed by atoms with E-state index in [0.717, 1.165) is 22.9 Å². The van der Waals surface area contributed by atoms with Gasteiger partial charge in [0.05, 0.1) is 6.42 Å². The zero-order valence-corrected chi connectivity index (χ0v) is 11.3. The second kappa shape index (κ2) is 4.42. The minimum atomic E-state index is -0.782. The van der Waals surface area contributed by atoms with Crippen molar-refractivity contribution in [1.29, 1.82) is 0 Å². The summed E-state index contributed by atoms with van der Waals surface area (Å²) >= 11 is 3.53. The van der Waals surface area contributed by atoms with Gasteiger partial charge in [0.25, 0.3) is 0 Å². The van der Waals surface area contributed by atoms with Crippen molar-refractivity contribution in [3.05, 3.63) is 33.8 Å². The van der Waals surface area contributed by atoms with Crippen LogP contribution in [0, 0.1) is 0 Å². The van der Waals surface area contributed by atoms with Gasteiger partial charge in [-0.25, -0.2) is 0 Å². The maximum Gasteiger partial charge on any atom is 0.304 e. The Hall–Kier alpha value is -0.870. The molecule has 4 heteroatoms. The van der Waals surface area contributed by atoms with Gasteiger partial charge in [-0.05, 0) is 37.0 Å². The van der Waals surface area contributed by atoms with Crippen molar-refractivity contribution in [3.63, 3.8) is 0 Å². The molecule has 3 N–H and O–H groups in total. The molecule has 2 rings (SSSR count). The average Bonchev–Trinajstić information content (AvgIpc) is 2.59. The molecule has 17 heavy (non-hydrogen) atoms. The fourth-order valence-electron chi connectivity index (χ4n) is 2.85. The molecule has 1 aliphatic rings. The number of carbonyl (C=O) groups is 1. The van der Waals surface area contributed by atoms with E-state index in [-0.39, 0.29) is 12.5 Å². The van der Waals surface area contributed by atoms with Gasteiger partial charge in [-0.15, -0.1) is 0 Å². The first kappa shape index (κ1) is 12.6. The van der Waals surface area contributed by atoms with Gasteiger partial charge in [0.15, 0.2) is 0 Å². The lowest BCUT2D eigenvalue weighted by Crippen LogP contribution is -2.43. The lowest BCUT2D eigenvalue weighted by Gasteiger charge is -2.33. The van der Waals surface area contributed by atoms with E-state index in [1.165, 1.54) is 5.56 Å². The molecule has 0 bridgehead atoms. The summed E-state index contributed by atoms with van der Waals surface area (Å²) in [4.78, 5) is 11.1. The summed E-state index contributed by atoms with van der Waals surface area (Å²) in [6.07, 6.45) is 1.81. The Bertz CT molecular complexity index is 459. The van der Waals surface area contributed by atoms with Crippen molar-refractivity contribution in [2.45, 2.75) is 37.6 Å². The number of aliphatic carboxylic acids is 1. The molecule has 2 atom stereocenters. The Labute approximate surface area is 109 Å². The molecule has 1 aliphatic carbocycles. The van der Waals surface area contributed by atoms with Gasteiger partial charge in [-0.2, -0.15) is 0 Å². The van der Waals surface area contributed by atoms with E-state index in [1.54, 1.807) is 0 Å². The SMILES string of the molecule is CC(N)C1(CC(=O)O)CCc2c(Br)cccc21. The monoisotopic (exact) mass is 297 g/mol. The predicted octanol–water partition coefficient (Wildman–Crippen LogP) is 2.46. The van der Waals surface area contributed by atoms with Crippen molar-refractivity contribution >= 4 is 21.9 Å². The number of fused-ring (bicyclic) bond motifs is 1. The van der Waals surface area contributed by atoms with E-state index in [0.29, 0.717) is 0 Å². The number of hydrogen-bond donors (Lipinski definition) is 2. The highest BCUT2D eigenvalue weighted by Gasteiger charge is 2.43. The van der Waals surface area contributed by atoms with E-state index >= 15 is 0 Å². The number of rotatable bonds is 3. The second-order valence-electron chi connectivity index (χ2n) is 4.78. The van der Waals surface area contributed by atoms with Crippen LogP contribution in [0.1, 0.15) is 30.9 Å². The van der Waals surface area contributed by atoms with Crippen LogP contribution in [-0.2, 0) is 16.6 Å². The first-order chi connectivity index (χ1) is 7.97. The van der Waals surface area contributed by atoms with Crippen LogP contribution in [-0.4, -0.2) is 17.1 Å². The molecule has 0 radical (unpaired) electrons. The molecule has 0 aromatic heterocycles. The molecule has 0 aliphatic heterocycles. The summed E-state index contributed by atoms with van der Waals surface area (Å²) in [5.41, 5.74) is 7.97. The maximum absolute atomic E-state index is 11.1. The highest BCUT2D eigenvalue weighted by molar-refractivity contribution is 9.10. The molecule has 0 fully saturated rings.